The van der Waals surface area contributed by atoms with Gasteiger partial charge in [0.15, 0.2) is 0 Å². The van der Waals surface area contributed by atoms with E-state index >= 15 is 0 Å². The highest BCUT2D eigenvalue weighted by atomic mass is 32.2. The first-order valence-electron chi connectivity index (χ1n) is 8.73. The third-order valence-corrected chi connectivity index (χ3v) is 6.10. The Hall–Kier alpha value is -1.99. The zero-order valence-electron chi connectivity index (χ0n) is 14.6. The van der Waals surface area contributed by atoms with Crippen molar-refractivity contribution in [3.8, 4) is 0 Å². The number of aliphatic hydroxyl groups is 1. The van der Waals surface area contributed by atoms with Crippen LogP contribution in [0.2, 0.25) is 0 Å². The number of sulfonamides is 1. The van der Waals surface area contributed by atoms with Crippen LogP contribution in [0.5, 0.6) is 0 Å². The van der Waals surface area contributed by atoms with Gasteiger partial charge in [-0.3, -0.25) is 4.90 Å². The van der Waals surface area contributed by atoms with E-state index in [-0.39, 0.29) is 0 Å². The molecule has 1 heterocycles. The molecule has 1 fully saturated rings. The van der Waals surface area contributed by atoms with E-state index in [2.05, 4.69) is 4.90 Å². The van der Waals surface area contributed by atoms with Crippen LogP contribution in [-0.4, -0.2) is 55.5 Å². The Bertz CT molecular complexity index is 815. The largest absolute Gasteiger partial charge is 0.387 e. The minimum atomic E-state index is -3.42. The first kappa shape index (κ1) is 18.8. The van der Waals surface area contributed by atoms with Crippen LogP contribution in [0, 0.1) is 0 Å². The van der Waals surface area contributed by atoms with Gasteiger partial charge in [-0.15, -0.1) is 0 Å². The smallest absolute Gasteiger partial charge is 0.236 e. The molecule has 0 aromatic heterocycles. The molecule has 138 valence electrons. The second-order valence-corrected chi connectivity index (χ2v) is 8.20. The summed E-state index contributed by atoms with van der Waals surface area (Å²) in [4.78, 5) is 2.10. The van der Waals surface area contributed by atoms with Crippen molar-refractivity contribution in [1.29, 1.82) is 0 Å². The van der Waals surface area contributed by atoms with Crippen LogP contribution in [0.1, 0.15) is 17.2 Å². The lowest BCUT2D eigenvalue weighted by Crippen LogP contribution is -2.49. The molecule has 0 aliphatic carbocycles. The maximum absolute atomic E-state index is 12.5. The molecule has 26 heavy (non-hydrogen) atoms. The zero-order chi connectivity index (χ0) is 18.4. The Morgan fingerprint density at radius 2 is 1.50 bits per heavy atom. The predicted octanol–water partition coefficient (Wildman–Crippen LogP) is 2.34. The molecule has 1 aliphatic rings. The normalized spacial score (nSPS) is 18.2. The summed E-state index contributed by atoms with van der Waals surface area (Å²) in [7, 11) is -3.42. The van der Waals surface area contributed by atoms with Crippen molar-refractivity contribution >= 4 is 16.1 Å². The van der Waals surface area contributed by atoms with Crippen LogP contribution in [0.4, 0.5) is 0 Å². The Morgan fingerprint density at radius 1 is 0.923 bits per heavy atom. The van der Waals surface area contributed by atoms with Gasteiger partial charge >= 0.3 is 0 Å². The maximum Gasteiger partial charge on any atom is 0.236 e. The molecular weight excluding hydrogens is 348 g/mol. The molecule has 2 aromatic rings. The highest BCUT2D eigenvalue weighted by Crippen LogP contribution is 2.16. The number of benzene rings is 2. The maximum atomic E-state index is 12.5. The molecule has 6 heteroatoms. The summed E-state index contributed by atoms with van der Waals surface area (Å²) >= 11 is 0. The van der Waals surface area contributed by atoms with Crippen molar-refractivity contribution in [2.45, 2.75) is 6.10 Å². The van der Waals surface area contributed by atoms with Crippen LogP contribution >= 0.6 is 0 Å². The molecule has 0 bridgehead atoms. The number of β-amino-alcohol motifs (C(OH)–C–C–N with tert-alkyl or cyclic N) is 1. The van der Waals surface area contributed by atoms with E-state index in [1.165, 1.54) is 9.71 Å². The SMILES string of the molecule is O=S(=O)(/C=C/c1ccccc1)N1CCN(C[C@H](O)c2ccccc2)CC1. The number of hydrogen-bond donors (Lipinski definition) is 1. The van der Waals surface area contributed by atoms with Gasteiger partial charge in [-0.1, -0.05) is 60.7 Å². The fraction of sp³-hybridized carbons (Fsp3) is 0.300. The highest BCUT2D eigenvalue weighted by Gasteiger charge is 2.26. The standard InChI is InChI=1S/C20H24N2O3S/c23-20(19-9-5-2-6-10-19)17-21-12-14-22(15-13-21)26(24,25)16-11-18-7-3-1-4-8-18/h1-11,16,20,23H,12-15,17H2/b16-11+/t20-/m0/s1. The number of rotatable bonds is 6. The minimum Gasteiger partial charge on any atom is -0.387 e. The summed E-state index contributed by atoms with van der Waals surface area (Å²) in [6.45, 7) is 2.61. The zero-order valence-corrected chi connectivity index (χ0v) is 15.4. The van der Waals surface area contributed by atoms with E-state index in [9.17, 15) is 13.5 Å². The van der Waals surface area contributed by atoms with Crippen LogP contribution in [0.25, 0.3) is 6.08 Å². The van der Waals surface area contributed by atoms with Crippen LogP contribution in [0.3, 0.4) is 0 Å². The van der Waals surface area contributed by atoms with E-state index in [4.69, 9.17) is 0 Å². The fourth-order valence-corrected chi connectivity index (χ4v) is 4.18. The Kier molecular flexibility index (Phi) is 6.21. The van der Waals surface area contributed by atoms with Crippen molar-refractivity contribution in [3.05, 3.63) is 77.2 Å². The second-order valence-electron chi connectivity index (χ2n) is 6.38. The fourth-order valence-electron chi connectivity index (χ4n) is 3.01. The first-order valence-corrected chi connectivity index (χ1v) is 10.2. The molecule has 0 radical (unpaired) electrons. The minimum absolute atomic E-state index is 0.434. The molecule has 1 atom stereocenters. The van der Waals surface area contributed by atoms with Gasteiger partial charge in [0, 0.05) is 38.1 Å². The van der Waals surface area contributed by atoms with Gasteiger partial charge in [0.05, 0.1) is 6.10 Å². The summed E-state index contributed by atoms with van der Waals surface area (Å²) in [5.74, 6) is 0. The van der Waals surface area contributed by atoms with Crippen molar-refractivity contribution in [1.82, 2.24) is 9.21 Å². The van der Waals surface area contributed by atoms with Gasteiger partial charge in [-0.25, -0.2) is 8.42 Å². The third-order valence-electron chi connectivity index (χ3n) is 4.54. The molecule has 0 saturated carbocycles. The quantitative estimate of drug-likeness (QED) is 0.846. The molecule has 1 saturated heterocycles. The van der Waals surface area contributed by atoms with Crippen molar-refractivity contribution in [2.75, 3.05) is 32.7 Å². The van der Waals surface area contributed by atoms with Gasteiger partial charge < -0.3 is 5.11 Å². The lowest BCUT2D eigenvalue weighted by molar-refractivity contribution is 0.0923. The molecule has 5 nitrogen and oxygen atoms in total. The Labute approximate surface area is 155 Å². The lowest BCUT2D eigenvalue weighted by Gasteiger charge is -2.34. The summed E-state index contributed by atoms with van der Waals surface area (Å²) in [6.07, 6.45) is 1.07. The number of aliphatic hydroxyl groups excluding tert-OH is 1. The molecule has 0 amide bonds. The first-order chi connectivity index (χ1) is 12.5. The van der Waals surface area contributed by atoms with Gasteiger partial charge in [0.25, 0.3) is 0 Å². The Balaban J connectivity index is 1.53. The average Bonchev–Trinajstić information content (AvgIpc) is 2.68. The number of hydrogen-bond acceptors (Lipinski definition) is 4. The highest BCUT2D eigenvalue weighted by molar-refractivity contribution is 7.92. The van der Waals surface area contributed by atoms with Crippen LogP contribution < -0.4 is 0 Å². The summed E-state index contributed by atoms with van der Waals surface area (Å²) in [5, 5.41) is 11.6. The number of nitrogens with zero attached hydrogens (tertiary/aromatic N) is 2. The Morgan fingerprint density at radius 3 is 2.12 bits per heavy atom. The lowest BCUT2D eigenvalue weighted by atomic mass is 10.1. The summed E-state index contributed by atoms with van der Waals surface area (Å²) in [5.41, 5.74) is 1.74. The molecule has 1 aliphatic heterocycles. The van der Waals surface area contributed by atoms with Crippen molar-refractivity contribution in [3.63, 3.8) is 0 Å². The molecule has 1 N–H and O–H groups in total. The topological polar surface area (TPSA) is 60.9 Å². The predicted molar refractivity (Wildman–Crippen MR) is 104 cm³/mol. The van der Waals surface area contributed by atoms with E-state index < -0.39 is 16.1 Å². The van der Waals surface area contributed by atoms with E-state index in [1.807, 2.05) is 60.7 Å². The van der Waals surface area contributed by atoms with E-state index in [0.717, 1.165) is 11.1 Å². The molecule has 3 rings (SSSR count). The second kappa shape index (κ2) is 8.60. The molecule has 2 aromatic carbocycles. The van der Waals surface area contributed by atoms with Gasteiger partial charge in [0.1, 0.15) is 0 Å². The summed E-state index contributed by atoms with van der Waals surface area (Å²) < 4.78 is 26.5. The molecule has 0 spiro atoms. The van der Waals surface area contributed by atoms with Gasteiger partial charge in [-0.05, 0) is 17.2 Å². The van der Waals surface area contributed by atoms with Crippen molar-refractivity contribution in [2.24, 2.45) is 0 Å². The third kappa shape index (κ3) is 5.02. The molecule has 0 unspecified atom stereocenters. The van der Waals surface area contributed by atoms with Crippen LogP contribution in [0.15, 0.2) is 66.1 Å². The van der Waals surface area contributed by atoms with Gasteiger partial charge in [-0.2, -0.15) is 4.31 Å². The number of piperazine rings is 1. The van der Waals surface area contributed by atoms with Crippen LogP contribution in [-0.2, 0) is 10.0 Å². The van der Waals surface area contributed by atoms with Gasteiger partial charge in [0.2, 0.25) is 10.0 Å². The average molecular weight is 372 g/mol. The summed E-state index contributed by atoms with van der Waals surface area (Å²) in [6, 6.07) is 18.9. The van der Waals surface area contributed by atoms with E-state index in [0.29, 0.717) is 32.7 Å². The molecular formula is C20H24N2O3S. The van der Waals surface area contributed by atoms with Crippen molar-refractivity contribution < 1.29 is 13.5 Å². The monoisotopic (exact) mass is 372 g/mol. The van der Waals surface area contributed by atoms with E-state index in [1.54, 1.807) is 6.08 Å².